The molecule has 0 fully saturated rings. The molecule has 4 nitrogen and oxygen atoms in total. The van der Waals surface area contributed by atoms with Crippen molar-refractivity contribution < 1.29 is 14.2 Å². The number of allylic oxidation sites excluding steroid dienone is 4. The quantitative estimate of drug-likeness (QED) is 0.475. The molecule has 0 amide bonds. The Morgan fingerprint density at radius 3 is 2.52 bits per heavy atom. The first-order valence-corrected chi connectivity index (χ1v) is 6.66. The van der Waals surface area contributed by atoms with Crippen LogP contribution in [-0.2, 0) is 9.47 Å². The molecule has 0 radical (unpaired) electrons. The molecule has 1 aromatic carbocycles. The molecule has 0 heterocycles. The summed E-state index contributed by atoms with van der Waals surface area (Å²) in [5.74, 6) is 1.45. The van der Waals surface area contributed by atoms with Gasteiger partial charge in [-0.2, -0.15) is 0 Å². The molecular formula is C17H23NO3. The molecule has 1 aromatic rings. The number of anilines is 1. The van der Waals surface area contributed by atoms with Crippen molar-refractivity contribution in [2.24, 2.45) is 0 Å². The van der Waals surface area contributed by atoms with E-state index in [-0.39, 0.29) is 0 Å². The van der Waals surface area contributed by atoms with Crippen LogP contribution in [-0.4, -0.2) is 27.9 Å². The summed E-state index contributed by atoms with van der Waals surface area (Å²) in [6.07, 6.45) is 7.92. The maximum absolute atomic E-state index is 5.89. The highest BCUT2D eigenvalue weighted by atomic mass is 16.5. The monoisotopic (exact) mass is 289 g/mol. The molecule has 114 valence electrons. The van der Waals surface area contributed by atoms with Crippen LogP contribution in [0.15, 0.2) is 47.8 Å². The number of rotatable bonds is 7. The number of nitrogen functional groups attached to an aromatic ring is 1. The number of hydrogen-bond acceptors (Lipinski definition) is 4. The third-order valence-electron chi connectivity index (χ3n) is 2.93. The third kappa shape index (κ3) is 5.36. The molecule has 0 bridgehead atoms. The normalized spacial score (nSPS) is 12.8. The van der Waals surface area contributed by atoms with E-state index in [0.29, 0.717) is 18.0 Å². The maximum Gasteiger partial charge on any atom is 0.141 e. The zero-order chi connectivity index (χ0) is 15.7. The lowest BCUT2D eigenvalue weighted by molar-refractivity contribution is 0.159. The Morgan fingerprint density at radius 1 is 1.24 bits per heavy atom. The van der Waals surface area contributed by atoms with Crippen LogP contribution in [0.2, 0.25) is 0 Å². The lowest BCUT2D eigenvalue weighted by Gasteiger charge is -2.06. The van der Waals surface area contributed by atoms with E-state index in [4.69, 9.17) is 19.9 Å². The highest BCUT2D eigenvalue weighted by Gasteiger charge is 1.99. The van der Waals surface area contributed by atoms with Crippen LogP contribution in [0, 0.1) is 0 Å². The average Bonchev–Trinajstić information content (AvgIpc) is 2.50. The van der Waals surface area contributed by atoms with Gasteiger partial charge in [-0.1, -0.05) is 24.3 Å². The van der Waals surface area contributed by atoms with Crippen molar-refractivity contribution in [3.8, 4) is 5.75 Å². The van der Waals surface area contributed by atoms with Crippen molar-refractivity contribution in [3.05, 3.63) is 53.3 Å². The smallest absolute Gasteiger partial charge is 0.141 e. The predicted molar refractivity (Wildman–Crippen MR) is 87.2 cm³/mol. The number of ether oxygens (including phenoxy) is 3. The third-order valence-corrected chi connectivity index (χ3v) is 2.93. The second-order valence-electron chi connectivity index (χ2n) is 4.37. The van der Waals surface area contributed by atoms with Crippen molar-refractivity contribution in [2.75, 3.05) is 33.7 Å². The first-order chi connectivity index (χ1) is 10.1. The van der Waals surface area contributed by atoms with Gasteiger partial charge < -0.3 is 19.9 Å². The van der Waals surface area contributed by atoms with Gasteiger partial charge in [-0.05, 0) is 36.3 Å². The van der Waals surface area contributed by atoms with Crippen molar-refractivity contribution in [2.45, 2.75) is 6.92 Å². The van der Waals surface area contributed by atoms with Gasteiger partial charge in [-0.3, -0.25) is 0 Å². The lowest BCUT2D eigenvalue weighted by atomic mass is 10.1. The summed E-state index contributed by atoms with van der Waals surface area (Å²) in [5.41, 5.74) is 8.54. The van der Waals surface area contributed by atoms with E-state index in [1.54, 1.807) is 21.3 Å². The Morgan fingerprint density at radius 2 is 2.00 bits per heavy atom. The van der Waals surface area contributed by atoms with Gasteiger partial charge in [0.15, 0.2) is 0 Å². The van der Waals surface area contributed by atoms with Crippen molar-refractivity contribution >= 4 is 11.8 Å². The van der Waals surface area contributed by atoms with Gasteiger partial charge in [-0.25, -0.2) is 0 Å². The summed E-state index contributed by atoms with van der Waals surface area (Å²) in [5, 5.41) is 0. The Kier molecular flexibility index (Phi) is 7.12. The fourth-order valence-electron chi connectivity index (χ4n) is 1.76. The Labute approximate surface area is 126 Å². The molecule has 0 saturated carbocycles. The van der Waals surface area contributed by atoms with E-state index in [9.17, 15) is 0 Å². The molecular weight excluding hydrogens is 266 g/mol. The first kappa shape index (κ1) is 16.9. The van der Waals surface area contributed by atoms with Gasteiger partial charge in [0, 0.05) is 7.11 Å². The average molecular weight is 289 g/mol. The van der Waals surface area contributed by atoms with Crippen molar-refractivity contribution in [3.63, 3.8) is 0 Å². The minimum Gasteiger partial charge on any atom is -0.499 e. The second kappa shape index (κ2) is 8.87. The molecule has 0 unspecified atom stereocenters. The van der Waals surface area contributed by atoms with Crippen LogP contribution in [0.4, 0.5) is 5.69 Å². The van der Waals surface area contributed by atoms with E-state index in [0.717, 1.165) is 16.9 Å². The fraction of sp³-hybridized carbons (Fsp3) is 0.294. The molecule has 0 spiro atoms. The molecule has 4 heteroatoms. The van der Waals surface area contributed by atoms with E-state index in [2.05, 4.69) is 0 Å². The van der Waals surface area contributed by atoms with Crippen LogP contribution in [0.3, 0.4) is 0 Å². The van der Waals surface area contributed by atoms with Crippen molar-refractivity contribution in [1.29, 1.82) is 0 Å². The Balaban J connectivity index is 2.89. The summed E-state index contributed by atoms with van der Waals surface area (Å²) in [6.45, 7) is 2.41. The number of methoxy groups -OCH3 is 3. The van der Waals surface area contributed by atoms with Gasteiger partial charge in [0.05, 0.1) is 19.9 Å². The highest BCUT2D eigenvalue weighted by molar-refractivity contribution is 5.63. The molecule has 2 N–H and O–H groups in total. The zero-order valence-electron chi connectivity index (χ0n) is 13.1. The standard InChI is InChI=1S/C17H23NO3/c1-5-13(10-15(20-3)12-19-2)6-7-14-8-9-17(21-4)16(18)11-14/h5-11H,12,18H2,1-4H3/b7-6-,13-5-,15-10+. The fourth-order valence-corrected chi connectivity index (χ4v) is 1.76. The number of benzene rings is 1. The van der Waals surface area contributed by atoms with E-state index in [1.165, 1.54) is 0 Å². The first-order valence-electron chi connectivity index (χ1n) is 6.66. The molecule has 0 aliphatic carbocycles. The highest BCUT2D eigenvalue weighted by Crippen LogP contribution is 2.22. The minimum absolute atomic E-state index is 0.442. The van der Waals surface area contributed by atoms with E-state index < -0.39 is 0 Å². The van der Waals surface area contributed by atoms with Gasteiger partial charge in [-0.15, -0.1) is 0 Å². The SMILES string of the molecule is C/C=C(/C=C\c1ccc(OC)c(N)c1)\C=C(/COC)OC. The predicted octanol–water partition coefficient (Wildman–Crippen LogP) is 3.41. The molecule has 0 aliphatic rings. The summed E-state index contributed by atoms with van der Waals surface area (Å²) in [6, 6.07) is 5.68. The zero-order valence-corrected chi connectivity index (χ0v) is 13.1. The topological polar surface area (TPSA) is 53.7 Å². The van der Waals surface area contributed by atoms with Gasteiger partial charge >= 0.3 is 0 Å². The summed E-state index contributed by atoms with van der Waals surface area (Å²) in [7, 11) is 4.87. The van der Waals surface area contributed by atoms with Gasteiger partial charge in [0.2, 0.25) is 0 Å². The van der Waals surface area contributed by atoms with E-state index >= 15 is 0 Å². The van der Waals surface area contributed by atoms with Gasteiger partial charge in [0.25, 0.3) is 0 Å². The largest absolute Gasteiger partial charge is 0.499 e. The van der Waals surface area contributed by atoms with Crippen LogP contribution < -0.4 is 10.5 Å². The molecule has 0 aliphatic heterocycles. The van der Waals surface area contributed by atoms with Gasteiger partial charge in [0.1, 0.15) is 18.1 Å². The molecule has 0 atom stereocenters. The number of hydrogen-bond donors (Lipinski definition) is 1. The number of nitrogens with two attached hydrogens (primary N) is 1. The molecule has 1 rings (SSSR count). The summed E-state index contributed by atoms with van der Waals surface area (Å²) >= 11 is 0. The Bertz CT molecular complexity index is 545. The maximum atomic E-state index is 5.89. The lowest BCUT2D eigenvalue weighted by Crippen LogP contribution is -1.97. The molecule has 0 aromatic heterocycles. The summed E-state index contributed by atoms with van der Waals surface area (Å²) in [4.78, 5) is 0. The van der Waals surface area contributed by atoms with Crippen LogP contribution in [0.1, 0.15) is 12.5 Å². The minimum atomic E-state index is 0.442. The summed E-state index contributed by atoms with van der Waals surface area (Å²) < 4.78 is 15.5. The Hall–Kier alpha value is -2.20. The second-order valence-corrected chi connectivity index (χ2v) is 4.37. The molecule has 0 saturated heterocycles. The van der Waals surface area contributed by atoms with Crippen LogP contribution in [0.5, 0.6) is 5.75 Å². The van der Waals surface area contributed by atoms with Crippen LogP contribution >= 0.6 is 0 Å². The van der Waals surface area contributed by atoms with E-state index in [1.807, 2.05) is 49.4 Å². The van der Waals surface area contributed by atoms with Crippen molar-refractivity contribution in [1.82, 2.24) is 0 Å². The molecule has 21 heavy (non-hydrogen) atoms. The van der Waals surface area contributed by atoms with Crippen LogP contribution in [0.25, 0.3) is 6.08 Å².